The molecule has 6 heteroatoms. The standard InChI is InChI=1S/C14H12F3N3/c1-8(2)20-7-12(14(16)17)13(19-20)11-4-3-10(15)5-9(11)6-18/h3-5,7-8,14H,1-2H3. The molecule has 0 amide bonds. The second kappa shape index (κ2) is 5.37. The zero-order valence-electron chi connectivity index (χ0n) is 10.9. The van der Waals surface area contributed by atoms with Gasteiger partial charge in [0.2, 0.25) is 0 Å². The molecule has 1 aromatic carbocycles. The topological polar surface area (TPSA) is 41.6 Å². The molecule has 0 spiro atoms. The number of nitrogens with zero attached hydrogens (tertiary/aromatic N) is 3. The molecule has 0 aliphatic rings. The van der Waals surface area contributed by atoms with Crippen molar-refractivity contribution in [2.24, 2.45) is 0 Å². The summed E-state index contributed by atoms with van der Waals surface area (Å²) in [6.07, 6.45) is -1.45. The van der Waals surface area contributed by atoms with E-state index >= 15 is 0 Å². The van der Waals surface area contributed by atoms with Gasteiger partial charge >= 0.3 is 0 Å². The Morgan fingerprint density at radius 2 is 2.00 bits per heavy atom. The van der Waals surface area contributed by atoms with Gasteiger partial charge in [-0.05, 0) is 32.0 Å². The number of nitriles is 1. The molecule has 104 valence electrons. The maximum atomic E-state index is 13.1. The highest BCUT2D eigenvalue weighted by Crippen LogP contribution is 2.32. The normalized spacial score (nSPS) is 11.1. The molecule has 0 saturated carbocycles. The molecule has 0 radical (unpaired) electrons. The van der Waals surface area contributed by atoms with Crippen molar-refractivity contribution in [3.8, 4) is 17.3 Å². The van der Waals surface area contributed by atoms with Gasteiger partial charge in [0.25, 0.3) is 6.43 Å². The molecule has 1 aromatic heterocycles. The molecule has 0 atom stereocenters. The minimum atomic E-state index is -2.71. The van der Waals surface area contributed by atoms with E-state index in [-0.39, 0.29) is 28.4 Å². The lowest BCUT2D eigenvalue weighted by Crippen LogP contribution is -2.01. The van der Waals surface area contributed by atoms with Crippen LogP contribution in [0.2, 0.25) is 0 Å². The summed E-state index contributed by atoms with van der Waals surface area (Å²) in [4.78, 5) is 0. The van der Waals surface area contributed by atoms with Gasteiger partial charge in [-0.3, -0.25) is 4.68 Å². The number of hydrogen-bond donors (Lipinski definition) is 0. The summed E-state index contributed by atoms with van der Waals surface area (Å²) in [6, 6.07) is 5.15. The van der Waals surface area contributed by atoms with Crippen LogP contribution in [-0.2, 0) is 0 Å². The molecule has 0 aliphatic heterocycles. The van der Waals surface area contributed by atoms with Gasteiger partial charge in [-0.2, -0.15) is 10.4 Å². The predicted octanol–water partition coefficient (Wildman–Crippen LogP) is 4.08. The lowest BCUT2D eigenvalue weighted by molar-refractivity contribution is 0.152. The van der Waals surface area contributed by atoms with Crippen LogP contribution in [0.5, 0.6) is 0 Å². The van der Waals surface area contributed by atoms with E-state index < -0.39 is 12.2 Å². The van der Waals surface area contributed by atoms with E-state index in [9.17, 15) is 13.2 Å². The molecule has 3 nitrogen and oxygen atoms in total. The van der Waals surface area contributed by atoms with Crippen LogP contribution in [0, 0.1) is 17.1 Å². The van der Waals surface area contributed by atoms with Crippen molar-refractivity contribution in [3.63, 3.8) is 0 Å². The van der Waals surface area contributed by atoms with Crippen molar-refractivity contribution in [2.45, 2.75) is 26.3 Å². The predicted molar refractivity (Wildman–Crippen MR) is 67.7 cm³/mol. The van der Waals surface area contributed by atoms with Crippen LogP contribution in [0.3, 0.4) is 0 Å². The van der Waals surface area contributed by atoms with Crippen LogP contribution in [-0.4, -0.2) is 9.78 Å². The molecule has 2 rings (SSSR count). The number of benzene rings is 1. The summed E-state index contributed by atoms with van der Waals surface area (Å²) < 4.78 is 40.7. The molecule has 0 unspecified atom stereocenters. The number of rotatable bonds is 3. The third kappa shape index (κ3) is 2.52. The van der Waals surface area contributed by atoms with Crippen molar-refractivity contribution in [3.05, 3.63) is 41.3 Å². The molecular weight excluding hydrogens is 267 g/mol. The first-order valence-electron chi connectivity index (χ1n) is 6.01. The van der Waals surface area contributed by atoms with E-state index in [4.69, 9.17) is 5.26 Å². The van der Waals surface area contributed by atoms with Gasteiger partial charge in [0.1, 0.15) is 11.5 Å². The zero-order chi connectivity index (χ0) is 14.9. The summed E-state index contributed by atoms with van der Waals surface area (Å²) in [5.74, 6) is -0.591. The van der Waals surface area contributed by atoms with Crippen LogP contribution in [0.15, 0.2) is 24.4 Å². The highest BCUT2D eigenvalue weighted by Gasteiger charge is 2.22. The molecule has 0 fully saturated rings. The zero-order valence-corrected chi connectivity index (χ0v) is 10.9. The minimum absolute atomic E-state index is 0.0130. The quantitative estimate of drug-likeness (QED) is 0.849. The Kier molecular flexibility index (Phi) is 3.79. The van der Waals surface area contributed by atoms with Gasteiger partial charge in [0.15, 0.2) is 0 Å². The van der Waals surface area contributed by atoms with Crippen LogP contribution in [0.1, 0.15) is 37.4 Å². The maximum absolute atomic E-state index is 13.1. The second-order valence-electron chi connectivity index (χ2n) is 4.61. The third-order valence-electron chi connectivity index (χ3n) is 2.88. The average Bonchev–Trinajstić information content (AvgIpc) is 2.83. The molecule has 0 aliphatic carbocycles. The van der Waals surface area contributed by atoms with Gasteiger partial charge in [0.05, 0.1) is 17.2 Å². The number of halogens is 3. The van der Waals surface area contributed by atoms with Crippen molar-refractivity contribution < 1.29 is 13.2 Å². The van der Waals surface area contributed by atoms with Crippen molar-refractivity contribution in [2.75, 3.05) is 0 Å². The lowest BCUT2D eigenvalue weighted by atomic mass is 10.0. The fourth-order valence-corrected chi connectivity index (χ4v) is 1.85. The van der Waals surface area contributed by atoms with E-state index in [1.165, 1.54) is 16.9 Å². The fraction of sp³-hybridized carbons (Fsp3) is 0.286. The van der Waals surface area contributed by atoms with E-state index in [0.717, 1.165) is 12.1 Å². The summed E-state index contributed by atoms with van der Waals surface area (Å²) in [6.45, 7) is 3.61. The summed E-state index contributed by atoms with van der Waals surface area (Å²) >= 11 is 0. The van der Waals surface area contributed by atoms with E-state index in [0.29, 0.717) is 0 Å². The van der Waals surface area contributed by atoms with Gasteiger partial charge < -0.3 is 0 Å². The molecule has 0 bridgehead atoms. The Hall–Kier alpha value is -2.29. The van der Waals surface area contributed by atoms with Crippen molar-refractivity contribution in [1.82, 2.24) is 9.78 Å². The smallest absolute Gasteiger partial charge is 0.267 e. The lowest BCUT2D eigenvalue weighted by Gasteiger charge is -2.05. The fourth-order valence-electron chi connectivity index (χ4n) is 1.85. The molecule has 20 heavy (non-hydrogen) atoms. The highest BCUT2D eigenvalue weighted by atomic mass is 19.3. The molecular formula is C14H12F3N3. The van der Waals surface area contributed by atoms with Gasteiger partial charge in [-0.25, -0.2) is 13.2 Å². The SMILES string of the molecule is CC(C)n1cc(C(F)F)c(-c2ccc(F)cc2C#N)n1. The molecule has 2 aromatic rings. The van der Waals surface area contributed by atoms with Crippen molar-refractivity contribution >= 4 is 0 Å². The number of aromatic nitrogens is 2. The van der Waals surface area contributed by atoms with Gasteiger partial charge in [0, 0.05) is 17.8 Å². The highest BCUT2D eigenvalue weighted by molar-refractivity contribution is 5.70. The molecule has 0 saturated heterocycles. The van der Waals surface area contributed by atoms with Crippen LogP contribution in [0.4, 0.5) is 13.2 Å². The van der Waals surface area contributed by atoms with E-state index in [2.05, 4.69) is 5.10 Å². The summed E-state index contributed by atoms with van der Waals surface area (Å²) in [5.41, 5.74) is -0.0448. The van der Waals surface area contributed by atoms with E-state index in [1.807, 2.05) is 13.8 Å². The Balaban J connectivity index is 2.66. The Labute approximate surface area is 114 Å². The maximum Gasteiger partial charge on any atom is 0.267 e. The Bertz CT molecular complexity index is 669. The van der Waals surface area contributed by atoms with Crippen molar-refractivity contribution in [1.29, 1.82) is 5.26 Å². The van der Waals surface area contributed by atoms with Crippen LogP contribution in [0.25, 0.3) is 11.3 Å². The van der Waals surface area contributed by atoms with Crippen LogP contribution >= 0.6 is 0 Å². The number of alkyl halides is 2. The summed E-state index contributed by atoms with van der Waals surface area (Å²) in [7, 11) is 0. The number of hydrogen-bond acceptors (Lipinski definition) is 2. The Morgan fingerprint density at radius 1 is 1.30 bits per heavy atom. The minimum Gasteiger partial charge on any atom is -0.269 e. The largest absolute Gasteiger partial charge is 0.269 e. The average molecular weight is 279 g/mol. The monoisotopic (exact) mass is 279 g/mol. The van der Waals surface area contributed by atoms with Gasteiger partial charge in [-0.1, -0.05) is 0 Å². The molecule has 1 heterocycles. The van der Waals surface area contributed by atoms with E-state index in [1.54, 1.807) is 6.07 Å². The second-order valence-corrected chi connectivity index (χ2v) is 4.61. The first-order chi connectivity index (χ1) is 9.43. The van der Waals surface area contributed by atoms with Crippen LogP contribution < -0.4 is 0 Å². The van der Waals surface area contributed by atoms with Gasteiger partial charge in [-0.15, -0.1) is 0 Å². The molecule has 0 N–H and O–H groups in total. The first kappa shape index (κ1) is 14.1. The first-order valence-corrected chi connectivity index (χ1v) is 6.01. The Morgan fingerprint density at radius 3 is 2.55 bits per heavy atom. The third-order valence-corrected chi connectivity index (χ3v) is 2.88. The summed E-state index contributed by atoms with van der Waals surface area (Å²) in [5, 5.41) is 13.1.